The van der Waals surface area contributed by atoms with E-state index in [-0.39, 0.29) is 5.69 Å². The van der Waals surface area contributed by atoms with Crippen LogP contribution in [0.1, 0.15) is 11.9 Å². The molecule has 19 nitrogen and oxygen atoms in total. The summed E-state index contributed by atoms with van der Waals surface area (Å²) in [5.74, 6) is 0. The number of aromatic nitrogens is 3. The van der Waals surface area contributed by atoms with Gasteiger partial charge in [-0.05, 0) is 0 Å². The third-order valence-electron chi connectivity index (χ3n) is 7.03. The molecule has 19 heteroatoms. The smallest absolute Gasteiger partial charge is 0.186 e. The minimum atomic E-state index is -1.81. The van der Waals surface area contributed by atoms with Gasteiger partial charge in [0.1, 0.15) is 78.9 Å². The number of hydrogen-bond donors (Lipinski definition) is 11. The van der Waals surface area contributed by atoms with Crippen molar-refractivity contribution in [2.75, 3.05) is 19.8 Å². The van der Waals surface area contributed by atoms with Gasteiger partial charge in [-0.2, -0.15) is 0 Å². The van der Waals surface area contributed by atoms with Gasteiger partial charge in [0.15, 0.2) is 18.8 Å². The lowest BCUT2D eigenvalue weighted by molar-refractivity contribution is -0.337. The van der Waals surface area contributed by atoms with Crippen LogP contribution in [-0.2, 0) is 30.3 Å². The van der Waals surface area contributed by atoms with Crippen LogP contribution >= 0.6 is 0 Å². The van der Waals surface area contributed by atoms with Gasteiger partial charge in [0.05, 0.1) is 32.6 Å². The molecule has 0 aliphatic carbocycles. The summed E-state index contributed by atoms with van der Waals surface area (Å²) in [5.41, 5.74) is 0.146. The lowest BCUT2D eigenvalue weighted by atomic mass is 9.97. The molecule has 1 aromatic rings. The van der Waals surface area contributed by atoms with Gasteiger partial charge in [-0.15, -0.1) is 5.10 Å². The predicted molar refractivity (Wildman–Crippen MR) is 120 cm³/mol. The quantitative estimate of drug-likeness (QED) is 0.128. The summed E-state index contributed by atoms with van der Waals surface area (Å²) in [6, 6.07) is 0. The fourth-order valence-corrected chi connectivity index (χ4v) is 4.57. The summed E-state index contributed by atoms with van der Waals surface area (Å²) in [4.78, 5) is 0. The van der Waals surface area contributed by atoms with Gasteiger partial charge in [0, 0.05) is 0 Å². The first-order valence-corrected chi connectivity index (χ1v) is 12.4. The van der Waals surface area contributed by atoms with Crippen LogP contribution in [-0.4, -0.2) is 177 Å². The third-order valence-corrected chi connectivity index (χ3v) is 7.03. The zero-order chi connectivity index (χ0) is 29.3. The van der Waals surface area contributed by atoms with E-state index in [1.54, 1.807) is 0 Å². The maximum absolute atomic E-state index is 10.4. The van der Waals surface area contributed by atoms with Crippen LogP contribution in [0, 0.1) is 0 Å². The van der Waals surface area contributed by atoms with E-state index in [0.29, 0.717) is 0 Å². The molecule has 0 saturated carbocycles. The maximum atomic E-state index is 10.4. The number of aliphatic hydroxyl groups excluding tert-OH is 11. The number of hydrogen-bond acceptors (Lipinski definition) is 18. The number of ether oxygens (including phenoxy) is 5. The second-order valence-corrected chi connectivity index (χ2v) is 9.76. The molecule has 230 valence electrons. The predicted octanol–water partition coefficient (Wildman–Crippen LogP) is -7.61. The Hall–Kier alpha value is -1.50. The largest absolute Gasteiger partial charge is 0.394 e. The van der Waals surface area contributed by atoms with Gasteiger partial charge < -0.3 is 79.9 Å². The summed E-state index contributed by atoms with van der Waals surface area (Å²) in [7, 11) is 0. The molecule has 3 saturated heterocycles. The van der Waals surface area contributed by atoms with Crippen LogP contribution in [0.15, 0.2) is 6.20 Å². The van der Waals surface area contributed by atoms with E-state index < -0.39 is 118 Å². The molecule has 40 heavy (non-hydrogen) atoms. The van der Waals surface area contributed by atoms with Crippen molar-refractivity contribution >= 4 is 0 Å². The third kappa shape index (κ3) is 6.29. The fourth-order valence-electron chi connectivity index (χ4n) is 4.57. The molecule has 4 rings (SSSR count). The Morgan fingerprint density at radius 2 is 1.10 bits per heavy atom. The second-order valence-electron chi connectivity index (χ2n) is 9.76. The summed E-state index contributed by atoms with van der Waals surface area (Å²) in [6.45, 7) is -2.29. The van der Waals surface area contributed by atoms with Gasteiger partial charge in [-0.1, -0.05) is 5.21 Å². The molecular weight excluding hydrogens is 550 g/mol. The Labute approximate surface area is 225 Å². The molecule has 0 radical (unpaired) electrons. The highest BCUT2D eigenvalue weighted by molar-refractivity contribution is 4.96. The zero-order valence-corrected chi connectivity index (χ0v) is 20.9. The van der Waals surface area contributed by atoms with E-state index in [1.165, 1.54) is 6.20 Å². The van der Waals surface area contributed by atoms with E-state index >= 15 is 0 Å². The molecule has 1 aromatic heterocycles. The van der Waals surface area contributed by atoms with Crippen LogP contribution in [0.3, 0.4) is 0 Å². The average Bonchev–Trinajstić information content (AvgIpc) is 3.43. The average molecular weight is 586 g/mol. The van der Waals surface area contributed by atoms with Crippen LogP contribution in [0.25, 0.3) is 0 Å². The highest BCUT2D eigenvalue weighted by Crippen LogP contribution is 2.30. The van der Waals surface area contributed by atoms with Crippen LogP contribution in [0.5, 0.6) is 0 Å². The van der Waals surface area contributed by atoms with Gasteiger partial charge in [-0.3, -0.25) is 0 Å². The minimum Gasteiger partial charge on any atom is -0.394 e. The van der Waals surface area contributed by atoms with Crippen LogP contribution < -0.4 is 0 Å². The SMILES string of the molecule is OCc1cn([C@@H]2O[C@H](CO[C@H]3O[C@H](CO[C@H]4O[C@H](CO)[C@@H](O)[C@H](O)[C@H]4O)[C@@H](O)[C@H](O)[C@H]3O)[C@@H](O)[C@H](O)[C@H]2O)nn1. The van der Waals surface area contributed by atoms with Crippen molar-refractivity contribution in [2.45, 2.75) is 98.7 Å². The normalized spacial score (nSPS) is 46.4. The first-order chi connectivity index (χ1) is 19.0. The zero-order valence-electron chi connectivity index (χ0n) is 20.9. The molecule has 11 N–H and O–H groups in total. The number of rotatable bonds is 9. The van der Waals surface area contributed by atoms with E-state index in [0.717, 1.165) is 4.68 Å². The molecule has 15 atom stereocenters. The summed E-state index contributed by atoms with van der Waals surface area (Å²) in [6.07, 6.45) is -22.7. The molecule has 4 heterocycles. The van der Waals surface area contributed by atoms with Crippen molar-refractivity contribution in [1.29, 1.82) is 0 Å². The van der Waals surface area contributed by atoms with E-state index in [2.05, 4.69) is 10.3 Å². The van der Waals surface area contributed by atoms with Gasteiger partial charge >= 0.3 is 0 Å². The monoisotopic (exact) mass is 585 g/mol. The van der Waals surface area contributed by atoms with Crippen molar-refractivity contribution in [1.82, 2.24) is 15.0 Å². The molecule has 0 amide bonds. The Kier molecular flexibility index (Phi) is 10.4. The maximum Gasteiger partial charge on any atom is 0.186 e. The minimum absolute atomic E-state index is 0.146. The van der Waals surface area contributed by atoms with Gasteiger partial charge in [0.2, 0.25) is 0 Å². The Morgan fingerprint density at radius 3 is 1.60 bits per heavy atom. The van der Waals surface area contributed by atoms with Crippen molar-refractivity contribution in [3.63, 3.8) is 0 Å². The Bertz CT molecular complexity index is 941. The lowest BCUT2D eigenvalue weighted by Gasteiger charge is -2.43. The highest BCUT2D eigenvalue weighted by Gasteiger charge is 2.49. The van der Waals surface area contributed by atoms with Gasteiger partial charge in [-0.25, -0.2) is 4.68 Å². The van der Waals surface area contributed by atoms with Crippen LogP contribution in [0.2, 0.25) is 0 Å². The van der Waals surface area contributed by atoms with Crippen molar-refractivity contribution in [3.8, 4) is 0 Å². The molecule has 0 bridgehead atoms. The number of aliphatic hydroxyl groups is 11. The van der Waals surface area contributed by atoms with Gasteiger partial charge in [0.25, 0.3) is 0 Å². The summed E-state index contributed by atoms with van der Waals surface area (Å²) < 4.78 is 28.2. The molecule has 0 spiro atoms. The van der Waals surface area contributed by atoms with E-state index in [1.807, 2.05) is 0 Å². The molecular formula is C21H35N3O16. The van der Waals surface area contributed by atoms with Crippen molar-refractivity contribution in [3.05, 3.63) is 11.9 Å². The van der Waals surface area contributed by atoms with E-state index in [4.69, 9.17) is 23.7 Å². The van der Waals surface area contributed by atoms with Crippen LogP contribution in [0.4, 0.5) is 0 Å². The molecule has 3 aliphatic rings. The van der Waals surface area contributed by atoms with Crippen molar-refractivity contribution in [2.24, 2.45) is 0 Å². The summed E-state index contributed by atoms with van der Waals surface area (Å²) >= 11 is 0. The second kappa shape index (κ2) is 13.2. The highest BCUT2D eigenvalue weighted by atomic mass is 16.7. The molecule has 0 aromatic carbocycles. The standard InChI is InChI=1S/C21H35N3O16/c25-2-6-1-24(23-22-6)19-16(33)13(30)11(28)8(38-19)4-36-21-18(35)15(32)12(29)9(40-21)5-37-20-17(34)14(31)10(27)7(3-26)39-20/h1,7-21,25-35H,2-5H2/t7-,8-,9-,10-,11-,12-,13+,14+,15+,16-,17-,18-,19-,20+,21+/m1/s1. The molecule has 3 fully saturated rings. The molecule has 0 unspecified atom stereocenters. The topological polar surface area (TPSA) is 299 Å². The Morgan fingerprint density at radius 1 is 0.625 bits per heavy atom. The fraction of sp³-hybridized carbons (Fsp3) is 0.905. The Balaban J connectivity index is 1.37. The first kappa shape index (κ1) is 31.4. The summed E-state index contributed by atoms with van der Waals surface area (Å²) in [5, 5.41) is 118. The van der Waals surface area contributed by atoms with E-state index in [9.17, 15) is 56.2 Å². The number of nitrogens with zero attached hydrogens (tertiary/aromatic N) is 3. The lowest BCUT2D eigenvalue weighted by Crippen LogP contribution is -2.62. The van der Waals surface area contributed by atoms with Crippen molar-refractivity contribution < 1.29 is 79.9 Å². The molecule has 3 aliphatic heterocycles. The first-order valence-electron chi connectivity index (χ1n) is 12.4.